The SMILES string of the molecule is CS(=O)(=O)c1cc(N2CCN(C[C@H]3CC[C@@H](C(F)(F)F)CC3)[C@H](c3ccccc3Cl)C2)ccc1C(N)=O. The van der Waals surface area contributed by atoms with Crippen molar-refractivity contribution < 1.29 is 26.4 Å². The van der Waals surface area contributed by atoms with E-state index in [1.165, 1.54) is 12.1 Å². The number of carbonyl (C=O) groups excluding carboxylic acids is 1. The zero-order valence-corrected chi connectivity index (χ0v) is 22.1. The quantitative estimate of drug-likeness (QED) is 0.536. The van der Waals surface area contributed by atoms with Crippen LogP contribution in [0.1, 0.15) is 47.6 Å². The fourth-order valence-electron chi connectivity index (χ4n) is 5.54. The highest BCUT2D eigenvalue weighted by Gasteiger charge is 2.42. The van der Waals surface area contributed by atoms with Gasteiger partial charge in [-0.2, -0.15) is 13.2 Å². The molecule has 1 atom stereocenters. The molecule has 1 aliphatic carbocycles. The Morgan fingerprint density at radius 3 is 2.35 bits per heavy atom. The van der Waals surface area contributed by atoms with Crippen LogP contribution < -0.4 is 10.6 Å². The van der Waals surface area contributed by atoms with E-state index in [-0.39, 0.29) is 35.3 Å². The van der Waals surface area contributed by atoms with Gasteiger partial charge in [0.15, 0.2) is 9.84 Å². The number of hydrogen-bond acceptors (Lipinski definition) is 5. The molecule has 1 saturated carbocycles. The summed E-state index contributed by atoms with van der Waals surface area (Å²) in [4.78, 5) is 16.0. The maximum atomic E-state index is 13.1. The van der Waals surface area contributed by atoms with Gasteiger partial charge in [0.05, 0.1) is 22.4 Å². The van der Waals surface area contributed by atoms with Gasteiger partial charge in [0, 0.05) is 43.1 Å². The molecule has 2 aromatic rings. The zero-order valence-electron chi connectivity index (χ0n) is 20.5. The zero-order chi connectivity index (χ0) is 27.0. The number of amides is 1. The molecule has 4 rings (SSSR count). The summed E-state index contributed by atoms with van der Waals surface area (Å²) in [5.74, 6) is -1.86. The van der Waals surface area contributed by atoms with E-state index in [1.54, 1.807) is 6.07 Å². The van der Waals surface area contributed by atoms with Crippen LogP contribution in [0.3, 0.4) is 0 Å². The molecule has 1 heterocycles. The Morgan fingerprint density at radius 1 is 1.08 bits per heavy atom. The summed E-state index contributed by atoms with van der Waals surface area (Å²) in [7, 11) is -3.70. The van der Waals surface area contributed by atoms with Crippen molar-refractivity contribution in [2.45, 2.75) is 42.8 Å². The molecule has 0 spiro atoms. The number of hydrogen-bond donors (Lipinski definition) is 1. The normalized spacial score (nSPS) is 23.7. The molecule has 0 bridgehead atoms. The van der Waals surface area contributed by atoms with Gasteiger partial charge >= 0.3 is 6.18 Å². The molecule has 2 aliphatic rings. The number of nitrogens with two attached hydrogens (primary N) is 1. The number of anilines is 1. The van der Waals surface area contributed by atoms with Crippen LogP contribution in [0.25, 0.3) is 0 Å². The molecule has 1 amide bonds. The second-order valence-corrected chi connectivity index (χ2v) is 12.4. The number of sulfone groups is 1. The standard InChI is InChI=1S/C26H31ClF3N3O3S/c1-37(35,36)24-14-19(10-11-21(24)25(31)34)32-12-13-33(23(16-32)20-4-2-3-5-22(20)27)15-17-6-8-18(9-7-17)26(28,29)30/h2-5,10-11,14,17-18,23H,6-9,12-13,15-16H2,1H3,(H2,31,34)/t17-,18+,23-/m0/s1. The van der Waals surface area contributed by atoms with Crippen molar-refractivity contribution in [1.82, 2.24) is 4.90 Å². The van der Waals surface area contributed by atoms with Crippen molar-refractivity contribution in [3.8, 4) is 0 Å². The largest absolute Gasteiger partial charge is 0.391 e. The Hall–Kier alpha value is -2.30. The fourth-order valence-corrected chi connectivity index (χ4v) is 6.70. The molecule has 0 radical (unpaired) electrons. The molecule has 2 N–H and O–H groups in total. The van der Waals surface area contributed by atoms with Crippen molar-refractivity contribution in [2.24, 2.45) is 17.6 Å². The molecule has 202 valence electrons. The second kappa shape index (κ2) is 10.8. The van der Waals surface area contributed by atoms with Crippen LogP contribution in [0.5, 0.6) is 0 Å². The molecule has 6 nitrogen and oxygen atoms in total. The minimum Gasteiger partial charge on any atom is -0.368 e. The summed E-state index contributed by atoms with van der Waals surface area (Å²) < 4.78 is 64.1. The van der Waals surface area contributed by atoms with Gasteiger partial charge in [-0.05, 0) is 61.4 Å². The van der Waals surface area contributed by atoms with E-state index >= 15 is 0 Å². The molecule has 1 aliphatic heterocycles. The Balaban J connectivity index is 1.58. The lowest BCUT2D eigenvalue weighted by Gasteiger charge is -2.45. The summed E-state index contributed by atoms with van der Waals surface area (Å²) in [6.45, 7) is 2.38. The molecule has 37 heavy (non-hydrogen) atoms. The van der Waals surface area contributed by atoms with E-state index in [0.717, 1.165) is 11.8 Å². The topological polar surface area (TPSA) is 83.7 Å². The van der Waals surface area contributed by atoms with Gasteiger partial charge in [-0.15, -0.1) is 0 Å². The molecule has 1 saturated heterocycles. The first-order valence-electron chi connectivity index (χ1n) is 12.3. The summed E-state index contributed by atoms with van der Waals surface area (Å²) in [5, 5.41) is 0.598. The number of benzene rings is 2. The highest BCUT2D eigenvalue weighted by Crippen LogP contribution is 2.41. The Morgan fingerprint density at radius 2 is 1.76 bits per heavy atom. The molecule has 11 heteroatoms. The second-order valence-electron chi connectivity index (χ2n) is 10.1. The van der Waals surface area contributed by atoms with Crippen LogP contribution in [-0.4, -0.2) is 57.8 Å². The number of carbonyl (C=O) groups is 1. The maximum Gasteiger partial charge on any atom is 0.391 e. The van der Waals surface area contributed by atoms with Gasteiger partial charge in [0.25, 0.3) is 0 Å². The van der Waals surface area contributed by atoms with Crippen molar-refractivity contribution in [1.29, 1.82) is 0 Å². The van der Waals surface area contributed by atoms with E-state index in [9.17, 15) is 26.4 Å². The smallest absolute Gasteiger partial charge is 0.368 e. The maximum absolute atomic E-state index is 13.1. The van der Waals surface area contributed by atoms with Crippen molar-refractivity contribution in [2.75, 3.05) is 37.3 Å². The average Bonchev–Trinajstić information content (AvgIpc) is 2.83. The number of halogens is 4. The van der Waals surface area contributed by atoms with Crippen LogP contribution in [0.4, 0.5) is 18.9 Å². The predicted octanol–water partition coefficient (Wildman–Crippen LogP) is 5.07. The number of alkyl halides is 3. The highest BCUT2D eigenvalue weighted by molar-refractivity contribution is 7.90. The van der Waals surface area contributed by atoms with Crippen LogP contribution in [-0.2, 0) is 9.84 Å². The molecule has 0 aromatic heterocycles. The van der Waals surface area contributed by atoms with E-state index in [2.05, 4.69) is 4.90 Å². The molecule has 2 fully saturated rings. The van der Waals surface area contributed by atoms with Gasteiger partial charge in [0.2, 0.25) is 5.91 Å². The van der Waals surface area contributed by atoms with Crippen LogP contribution in [0.15, 0.2) is 47.4 Å². The van der Waals surface area contributed by atoms with Gasteiger partial charge in [-0.1, -0.05) is 29.8 Å². The van der Waals surface area contributed by atoms with Gasteiger partial charge in [-0.3, -0.25) is 9.69 Å². The third kappa shape index (κ3) is 6.41. The first-order chi connectivity index (χ1) is 17.3. The highest BCUT2D eigenvalue weighted by atomic mass is 35.5. The summed E-state index contributed by atoms with van der Waals surface area (Å²) in [5.41, 5.74) is 6.90. The first-order valence-corrected chi connectivity index (χ1v) is 14.6. The third-order valence-corrected chi connectivity index (χ3v) is 9.03. The fraction of sp³-hybridized carbons (Fsp3) is 0.500. The molecular formula is C26H31ClF3N3O3S. The minimum absolute atomic E-state index is 0.0537. The van der Waals surface area contributed by atoms with Crippen molar-refractivity contribution in [3.05, 3.63) is 58.6 Å². The summed E-state index contributed by atoms with van der Waals surface area (Å²) in [6, 6.07) is 12.0. The number of nitrogens with zero attached hydrogens (tertiary/aromatic N) is 2. The summed E-state index contributed by atoms with van der Waals surface area (Å²) in [6.07, 6.45) is -1.71. The molecule has 0 unspecified atom stereocenters. The van der Waals surface area contributed by atoms with E-state index in [4.69, 9.17) is 17.3 Å². The lowest BCUT2D eigenvalue weighted by Crippen LogP contribution is -2.50. The number of piperazine rings is 1. The average molecular weight is 558 g/mol. The van der Waals surface area contributed by atoms with Crippen molar-refractivity contribution >= 4 is 33.0 Å². The third-order valence-electron chi connectivity index (χ3n) is 7.55. The minimum atomic E-state index is -4.13. The van der Waals surface area contributed by atoms with E-state index in [0.29, 0.717) is 49.7 Å². The monoisotopic (exact) mass is 557 g/mol. The summed E-state index contributed by atoms with van der Waals surface area (Å²) >= 11 is 6.57. The van der Waals surface area contributed by atoms with Crippen molar-refractivity contribution in [3.63, 3.8) is 0 Å². The van der Waals surface area contributed by atoms with Crippen LogP contribution in [0.2, 0.25) is 5.02 Å². The lowest BCUT2D eigenvalue weighted by molar-refractivity contribution is -0.184. The Labute approximate surface area is 220 Å². The number of rotatable bonds is 6. The lowest BCUT2D eigenvalue weighted by atomic mass is 9.81. The Bertz CT molecular complexity index is 1250. The van der Waals surface area contributed by atoms with Gasteiger partial charge < -0.3 is 10.6 Å². The first kappa shape index (κ1) is 27.7. The van der Waals surface area contributed by atoms with E-state index in [1.807, 2.05) is 29.2 Å². The van der Waals surface area contributed by atoms with Gasteiger partial charge in [-0.25, -0.2) is 8.42 Å². The van der Waals surface area contributed by atoms with Crippen LogP contribution in [0, 0.1) is 11.8 Å². The van der Waals surface area contributed by atoms with Crippen LogP contribution >= 0.6 is 11.6 Å². The molecule has 2 aromatic carbocycles. The predicted molar refractivity (Wildman–Crippen MR) is 138 cm³/mol. The molecular weight excluding hydrogens is 527 g/mol. The number of primary amides is 1. The van der Waals surface area contributed by atoms with Gasteiger partial charge in [0.1, 0.15) is 0 Å². The van der Waals surface area contributed by atoms with E-state index < -0.39 is 27.8 Å². The Kier molecular flexibility index (Phi) is 8.11.